The first-order valence-electron chi connectivity index (χ1n) is 7.59. The van der Waals surface area contributed by atoms with Gasteiger partial charge in [-0.2, -0.15) is 13.2 Å². The quantitative estimate of drug-likeness (QED) is 0.626. The Morgan fingerprint density at radius 3 is 2.62 bits per heavy atom. The predicted octanol–water partition coefficient (Wildman–Crippen LogP) is 3.38. The van der Waals surface area contributed by atoms with E-state index >= 15 is 0 Å². The van der Waals surface area contributed by atoms with E-state index in [0.717, 1.165) is 24.4 Å². The van der Waals surface area contributed by atoms with Crippen LogP contribution in [0.25, 0.3) is 0 Å². The molecule has 0 aliphatic rings. The predicted molar refractivity (Wildman–Crippen MR) is 91.9 cm³/mol. The van der Waals surface area contributed by atoms with Gasteiger partial charge in [-0.3, -0.25) is 9.78 Å². The highest BCUT2D eigenvalue weighted by molar-refractivity contribution is 7.80. The normalized spacial score (nSPS) is 12.3. The topological polar surface area (TPSA) is 54.0 Å². The van der Waals surface area contributed by atoms with Crippen LogP contribution in [0.4, 0.5) is 17.6 Å². The first kappa shape index (κ1) is 19.8. The van der Waals surface area contributed by atoms with E-state index in [1.807, 2.05) is 0 Å². The molecule has 2 N–H and O–H groups in total. The van der Waals surface area contributed by atoms with Crippen LogP contribution in [0.5, 0.6) is 0 Å². The van der Waals surface area contributed by atoms with Crippen LogP contribution in [0.2, 0.25) is 0 Å². The number of alkyl halides is 3. The summed E-state index contributed by atoms with van der Waals surface area (Å²) in [7, 11) is 0. The summed E-state index contributed by atoms with van der Waals surface area (Å²) in [4.78, 5) is 16.5. The van der Waals surface area contributed by atoms with E-state index < -0.39 is 29.4 Å². The fourth-order valence-corrected chi connectivity index (χ4v) is 2.56. The van der Waals surface area contributed by atoms with Gasteiger partial charge in [0.15, 0.2) is 5.11 Å². The van der Waals surface area contributed by atoms with Crippen molar-refractivity contribution in [1.82, 2.24) is 15.6 Å². The second-order valence-corrected chi connectivity index (χ2v) is 5.71. The Morgan fingerprint density at radius 2 is 2.00 bits per heavy atom. The first-order chi connectivity index (χ1) is 12.2. The molecule has 1 atom stereocenters. The van der Waals surface area contributed by atoms with Gasteiger partial charge in [-0.15, -0.1) is 0 Å². The van der Waals surface area contributed by atoms with E-state index in [0.29, 0.717) is 6.54 Å². The lowest BCUT2D eigenvalue weighted by molar-refractivity contribution is -0.137. The Labute approximate surface area is 152 Å². The van der Waals surface area contributed by atoms with Gasteiger partial charge in [0.1, 0.15) is 11.7 Å². The molecular weight excluding hydrogens is 370 g/mol. The Hall–Kier alpha value is -2.55. The van der Waals surface area contributed by atoms with Gasteiger partial charge >= 0.3 is 6.18 Å². The van der Waals surface area contributed by atoms with Crippen molar-refractivity contribution in [3.8, 4) is 0 Å². The lowest BCUT2D eigenvalue weighted by Gasteiger charge is -2.18. The molecule has 0 aliphatic carbocycles. The standard InChI is InChI=1S/C17H15F4N3OS/c1-2-22-16(26)24-15(25)14(10-4-3-5-12(18)8-10)13-9-11(6-7-23-13)17(19,20)21/h3-9,14H,2H2,1H3,(H2,22,24,25,26). The third kappa shape index (κ3) is 4.98. The number of benzene rings is 1. The lowest BCUT2D eigenvalue weighted by Crippen LogP contribution is -2.41. The Morgan fingerprint density at radius 1 is 1.27 bits per heavy atom. The van der Waals surface area contributed by atoms with Crippen LogP contribution in [0.1, 0.15) is 29.7 Å². The van der Waals surface area contributed by atoms with Gasteiger partial charge in [-0.25, -0.2) is 4.39 Å². The van der Waals surface area contributed by atoms with Crippen LogP contribution in [0.3, 0.4) is 0 Å². The highest BCUT2D eigenvalue weighted by Gasteiger charge is 2.33. The summed E-state index contributed by atoms with van der Waals surface area (Å²) in [5.74, 6) is -2.60. The molecule has 0 radical (unpaired) electrons. The number of hydrogen-bond acceptors (Lipinski definition) is 3. The summed E-state index contributed by atoms with van der Waals surface area (Å²) in [6.07, 6.45) is -3.64. The molecule has 2 aromatic rings. The van der Waals surface area contributed by atoms with Crippen molar-refractivity contribution in [3.05, 3.63) is 65.2 Å². The number of nitrogens with zero attached hydrogens (tertiary/aromatic N) is 1. The molecule has 0 aliphatic heterocycles. The Bertz CT molecular complexity index is 811. The zero-order chi connectivity index (χ0) is 19.3. The zero-order valence-corrected chi connectivity index (χ0v) is 14.4. The molecule has 9 heteroatoms. The summed E-state index contributed by atoms with van der Waals surface area (Å²) in [5.41, 5.74) is -0.957. The molecule has 0 fully saturated rings. The maximum Gasteiger partial charge on any atom is 0.416 e. The number of nitrogens with one attached hydrogen (secondary N) is 2. The van der Waals surface area contributed by atoms with Gasteiger partial charge in [-0.1, -0.05) is 12.1 Å². The van der Waals surface area contributed by atoms with Crippen molar-refractivity contribution in [2.75, 3.05) is 6.54 Å². The minimum atomic E-state index is -4.60. The van der Waals surface area contributed by atoms with Crippen LogP contribution in [0, 0.1) is 5.82 Å². The molecule has 2 rings (SSSR count). The van der Waals surface area contributed by atoms with Crippen molar-refractivity contribution in [2.24, 2.45) is 0 Å². The number of thiocarbonyl (C=S) groups is 1. The molecule has 0 bridgehead atoms. The smallest absolute Gasteiger partial charge is 0.363 e. The van der Waals surface area contributed by atoms with Gasteiger partial charge in [0.25, 0.3) is 0 Å². The van der Waals surface area contributed by atoms with Crippen LogP contribution >= 0.6 is 12.2 Å². The fourth-order valence-electron chi connectivity index (χ4n) is 2.31. The largest absolute Gasteiger partial charge is 0.416 e. The van der Waals surface area contributed by atoms with Gasteiger partial charge in [0.2, 0.25) is 5.91 Å². The molecule has 1 amide bonds. The molecule has 4 nitrogen and oxygen atoms in total. The number of pyridine rings is 1. The number of carbonyl (C=O) groups excluding carboxylic acids is 1. The average molecular weight is 385 g/mol. The Kier molecular flexibility index (Phi) is 6.25. The third-order valence-electron chi connectivity index (χ3n) is 3.42. The molecule has 0 spiro atoms. The molecule has 26 heavy (non-hydrogen) atoms. The van der Waals surface area contributed by atoms with E-state index in [4.69, 9.17) is 12.2 Å². The van der Waals surface area contributed by atoms with E-state index in [-0.39, 0.29) is 16.4 Å². The van der Waals surface area contributed by atoms with Crippen LogP contribution in [0.15, 0.2) is 42.6 Å². The molecule has 1 unspecified atom stereocenters. The van der Waals surface area contributed by atoms with Gasteiger partial charge in [0, 0.05) is 12.7 Å². The number of rotatable bonds is 4. The summed E-state index contributed by atoms with van der Waals surface area (Å²) in [5, 5.41) is 5.12. The molecule has 1 aromatic carbocycles. The van der Waals surface area contributed by atoms with Crippen molar-refractivity contribution in [1.29, 1.82) is 0 Å². The number of amides is 1. The van der Waals surface area contributed by atoms with Crippen LogP contribution in [-0.4, -0.2) is 22.5 Å². The second-order valence-electron chi connectivity index (χ2n) is 5.30. The zero-order valence-electron chi connectivity index (χ0n) is 13.6. The molecular formula is C17H15F4N3OS. The SMILES string of the molecule is CCNC(=S)NC(=O)C(c1cccc(F)c1)c1cc(C(F)(F)F)ccn1. The Balaban J connectivity index is 2.47. The van der Waals surface area contributed by atoms with Crippen molar-refractivity contribution in [2.45, 2.75) is 19.0 Å². The van der Waals surface area contributed by atoms with Crippen molar-refractivity contribution < 1.29 is 22.4 Å². The average Bonchev–Trinajstić information content (AvgIpc) is 2.55. The lowest BCUT2D eigenvalue weighted by atomic mass is 9.93. The second kappa shape index (κ2) is 8.22. The molecule has 1 aromatic heterocycles. The van der Waals surface area contributed by atoms with E-state index in [1.54, 1.807) is 6.92 Å². The van der Waals surface area contributed by atoms with E-state index in [9.17, 15) is 22.4 Å². The minimum absolute atomic E-state index is 0.0193. The monoisotopic (exact) mass is 385 g/mol. The maximum absolute atomic E-state index is 13.6. The minimum Gasteiger partial charge on any atom is -0.363 e. The number of halogens is 4. The third-order valence-corrected chi connectivity index (χ3v) is 3.67. The van der Waals surface area contributed by atoms with Crippen molar-refractivity contribution in [3.63, 3.8) is 0 Å². The number of aromatic nitrogens is 1. The summed E-state index contributed by atoms with van der Waals surface area (Å²) in [6, 6.07) is 6.61. The highest BCUT2D eigenvalue weighted by Crippen LogP contribution is 2.32. The number of carbonyl (C=O) groups is 1. The molecule has 0 saturated carbocycles. The molecule has 0 saturated heterocycles. The van der Waals surface area contributed by atoms with Crippen molar-refractivity contribution >= 4 is 23.2 Å². The first-order valence-corrected chi connectivity index (χ1v) is 8.00. The van der Waals surface area contributed by atoms with Crippen LogP contribution in [-0.2, 0) is 11.0 Å². The molecule has 1 heterocycles. The summed E-state index contributed by atoms with van der Waals surface area (Å²) < 4.78 is 52.6. The van der Waals surface area contributed by atoms with Crippen LogP contribution < -0.4 is 10.6 Å². The van der Waals surface area contributed by atoms with E-state index in [2.05, 4.69) is 15.6 Å². The van der Waals surface area contributed by atoms with E-state index in [1.165, 1.54) is 18.2 Å². The van der Waals surface area contributed by atoms with Gasteiger partial charge in [-0.05, 0) is 49.0 Å². The highest BCUT2D eigenvalue weighted by atomic mass is 32.1. The summed E-state index contributed by atoms with van der Waals surface area (Å²) >= 11 is 4.94. The fraction of sp³-hybridized carbons (Fsp3) is 0.235. The summed E-state index contributed by atoms with van der Waals surface area (Å²) in [6.45, 7) is 2.21. The maximum atomic E-state index is 13.6. The number of hydrogen-bond donors (Lipinski definition) is 2. The van der Waals surface area contributed by atoms with Gasteiger partial charge < -0.3 is 10.6 Å². The molecule has 138 valence electrons. The van der Waals surface area contributed by atoms with Gasteiger partial charge in [0.05, 0.1) is 11.3 Å².